The van der Waals surface area contributed by atoms with Crippen molar-refractivity contribution in [2.75, 3.05) is 9.44 Å². The molecule has 0 aliphatic carbocycles. The number of benzene rings is 4. The third-order valence-electron chi connectivity index (χ3n) is 6.10. The SMILES string of the molecule is O=S(=O)(Nc1ccc(-c2nc3cc(NS(=O)(=O)c4cccc5nsnc45)ccc3o2)cc1)c1cccc2nsnc12. The zero-order valence-corrected chi connectivity index (χ0v) is 23.7. The average molecular weight is 622 g/mol. The average Bonchev–Trinajstić information content (AvgIpc) is 3.71. The quantitative estimate of drug-likeness (QED) is 0.244. The third-order valence-corrected chi connectivity index (χ3v) is 10.0. The predicted molar refractivity (Wildman–Crippen MR) is 156 cm³/mol. The Labute approximate surface area is 240 Å². The maximum atomic E-state index is 13.1. The van der Waals surface area contributed by atoms with E-state index >= 15 is 0 Å². The molecule has 204 valence electrons. The fourth-order valence-electron chi connectivity index (χ4n) is 4.21. The fourth-order valence-corrected chi connectivity index (χ4v) is 7.86. The van der Waals surface area contributed by atoms with Crippen molar-refractivity contribution in [3.05, 3.63) is 78.9 Å². The maximum absolute atomic E-state index is 13.1. The minimum atomic E-state index is -3.94. The molecule has 0 saturated carbocycles. The number of nitrogens with zero attached hydrogens (tertiary/aromatic N) is 5. The van der Waals surface area contributed by atoms with E-state index in [1.54, 1.807) is 66.7 Å². The van der Waals surface area contributed by atoms with Crippen LogP contribution in [-0.4, -0.2) is 39.3 Å². The molecule has 3 aromatic heterocycles. The Morgan fingerprint density at radius 2 is 1.17 bits per heavy atom. The minimum Gasteiger partial charge on any atom is -0.436 e. The summed E-state index contributed by atoms with van der Waals surface area (Å²) in [5, 5.41) is 0. The molecule has 0 unspecified atom stereocenters. The van der Waals surface area contributed by atoms with Crippen LogP contribution >= 0.6 is 23.5 Å². The summed E-state index contributed by atoms with van der Waals surface area (Å²) in [6.07, 6.45) is 0. The number of nitrogens with one attached hydrogen (secondary N) is 2. The summed E-state index contributed by atoms with van der Waals surface area (Å²) >= 11 is 1.89. The van der Waals surface area contributed by atoms with Gasteiger partial charge in [0.25, 0.3) is 20.0 Å². The molecular formula is C25H15N7O5S4. The summed E-state index contributed by atoms with van der Waals surface area (Å²) in [7, 11) is -7.84. The van der Waals surface area contributed by atoms with Gasteiger partial charge in [-0.25, -0.2) is 21.8 Å². The molecule has 3 heterocycles. The van der Waals surface area contributed by atoms with Gasteiger partial charge in [0.1, 0.15) is 37.4 Å². The van der Waals surface area contributed by atoms with Gasteiger partial charge in [-0.05, 0) is 66.7 Å². The summed E-state index contributed by atoms with van der Waals surface area (Å²) in [5.74, 6) is 0.283. The molecule has 0 spiro atoms. The molecule has 12 nitrogen and oxygen atoms in total. The Hall–Kier alpha value is -4.51. The van der Waals surface area contributed by atoms with E-state index in [4.69, 9.17) is 4.42 Å². The molecule has 0 aliphatic heterocycles. The van der Waals surface area contributed by atoms with Crippen LogP contribution in [0.5, 0.6) is 0 Å². The van der Waals surface area contributed by atoms with Crippen LogP contribution in [0.3, 0.4) is 0 Å². The number of hydrogen-bond donors (Lipinski definition) is 2. The molecule has 7 rings (SSSR count). The van der Waals surface area contributed by atoms with Crippen LogP contribution in [0.1, 0.15) is 0 Å². The van der Waals surface area contributed by atoms with Gasteiger partial charge in [0, 0.05) is 11.3 Å². The molecule has 2 N–H and O–H groups in total. The van der Waals surface area contributed by atoms with Crippen LogP contribution in [0, 0.1) is 0 Å². The van der Waals surface area contributed by atoms with E-state index in [0.29, 0.717) is 50.1 Å². The highest BCUT2D eigenvalue weighted by molar-refractivity contribution is 7.93. The van der Waals surface area contributed by atoms with E-state index in [1.807, 2.05) is 0 Å². The van der Waals surface area contributed by atoms with E-state index in [2.05, 4.69) is 31.9 Å². The van der Waals surface area contributed by atoms with Gasteiger partial charge in [0.05, 0.1) is 29.1 Å². The molecule has 41 heavy (non-hydrogen) atoms. The van der Waals surface area contributed by atoms with Crippen molar-refractivity contribution in [2.24, 2.45) is 0 Å². The Bertz CT molecular complexity index is 2310. The summed E-state index contributed by atoms with van der Waals surface area (Å²) in [6.45, 7) is 0. The van der Waals surface area contributed by atoms with Crippen LogP contribution in [0.4, 0.5) is 11.4 Å². The summed E-state index contributed by atoms with van der Waals surface area (Å²) in [5.41, 5.74) is 3.74. The van der Waals surface area contributed by atoms with Crippen LogP contribution < -0.4 is 9.44 Å². The number of aromatic nitrogens is 5. The van der Waals surface area contributed by atoms with Gasteiger partial charge in [-0.3, -0.25) is 9.44 Å². The standard InChI is InChI=1S/C25H15N7O5S4/c33-40(34,21-5-1-3-17-23(21)29-38-27-17)31-15-9-7-14(8-10-15)25-26-19-13-16(11-12-20(19)37-25)32-41(35,36)22-6-2-4-18-24(22)30-39-28-18/h1-13,31-32H. The van der Waals surface area contributed by atoms with Crippen LogP contribution in [0.2, 0.25) is 0 Å². The molecule has 0 aliphatic rings. The van der Waals surface area contributed by atoms with Gasteiger partial charge >= 0.3 is 0 Å². The Balaban J connectivity index is 1.13. The molecule has 0 saturated heterocycles. The van der Waals surface area contributed by atoms with Gasteiger partial charge in [-0.2, -0.15) is 17.5 Å². The highest BCUT2D eigenvalue weighted by Crippen LogP contribution is 2.30. The van der Waals surface area contributed by atoms with Gasteiger partial charge in [0.2, 0.25) is 5.89 Å². The first-order valence-electron chi connectivity index (χ1n) is 11.8. The van der Waals surface area contributed by atoms with E-state index in [0.717, 1.165) is 23.5 Å². The molecule has 0 bridgehead atoms. The number of fused-ring (bicyclic) bond motifs is 3. The first-order chi connectivity index (χ1) is 19.8. The molecule has 7 aromatic rings. The zero-order valence-electron chi connectivity index (χ0n) is 20.4. The van der Waals surface area contributed by atoms with Crippen molar-refractivity contribution in [1.82, 2.24) is 22.5 Å². The molecule has 0 radical (unpaired) electrons. The highest BCUT2D eigenvalue weighted by Gasteiger charge is 2.22. The highest BCUT2D eigenvalue weighted by atomic mass is 32.2. The lowest BCUT2D eigenvalue weighted by atomic mass is 10.2. The molecule has 4 aromatic carbocycles. The molecule has 0 amide bonds. The van der Waals surface area contributed by atoms with Crippen molar-refractivity contribution in [1.29, 1.82) is 0 Å². The van der Waals surface area contributed by atoms with Gasteiger partial charge in [-0.15, -0.1) is 0 Å². The monoisotopic (exact) mass is 621 g/mol. The second-order valence-electron chi connectivity index (χ2n) is 8.77. The van der Waals surface area contributed by atoms with E-state index in [1.165, 1.54) is 12.1 Å². The molecular weight excluding hydrogens is 607 g/mol. The lowest BCUT2D eigenvalue weighted by molar-refractivity contribution is 0.600. The lowest BCUT2D eigenvalue weighted by Gasteiger charge is -2.08. The van der Waals surface area contributed by atoms with Gasteiger partial charge in [-0.1, -0.05) is 12.1 Å². The third kappa shape index (κ3) is 4.65. The van der Waals surface area contributed by atoms with Crippen LogP contribution in [-0.2, 0) is 20.0 Å². The lowest BCUT2D eigenvalue weighted by Crippen LogP contribution is -2.13. The number of sulfonamides is 2. The molecule has 16 heteroatoms. The summed E-state index contributed by atoms with van der Waals surface area (Å²) < 4.78 is 79.5. The Morgan fingerprint density at radius 1 is 0.610 bits per heavy atom. The zero-order chi connectivity index (χ0) is 28.2. The number of hydrogen-bond acceptors (Lipinski definition) is 12. The van der Waals surface area contributed by atoms with Crippen LogP contribution in [0.25, 0.3) is 44.6 Å². The first-order valence-corrected chi connectivity index (χ1v) is 16.2. The smallest absolute Gasteiger partial charge is 0.264 e. The van der Waals surface area contributed by atoms with Crippen molar-refractivity contribution in [2.45, 2.75) is 9.79 Å². The Morgan fingerprint density at radius 3 is 1.78 bits per heavy atom. The fraction of sp³-hybridized carbons (Fsp3) is 0. The van der Waals surface area contributed by atoms with Crippen molar-refractivity contribution in [3.8, 4) is 11.5 Å². The minimum absolute atomic E-state index is 0.0281. The van der Waals surface area contributed by atoms with E-state index in [-0.39, 0.29) is 15.7 Å². The number of anilines is 2. The van der Waals surface area contributed by atoms with Gasteiger partial charge in [0.15, 0.2) is 5.58 Å². The maximum Gasteiger partial charge on any atom is 0.264 e. The molecule has 0 atom stereocenters. The van der Waals surface area contributed by atoms with Crippen LogP contribution in [0.15, 0.2) is 93.1 Å². The normalized spacial score (nSPS) is 12.3. The molecule has 0 fully saturated rings. The van der Waals surface area contributed by atoms with Crippen molar-refractivity contribution in [3.63, 3.8) is 0 Å². The van der Waals surface area contributed by atoms with Crippen molar-refractivity contribution < 1.29 is 21.3 Å². The second-order valence-corrected chi connectivity index (χ2v) is 13.1. The van der Waals surface area contributed by atoms with Gasteiger partial charge < -0.3 is 4.42 Å². The first kappa shape index (κ1) is 25.5. The number of rotatable bonds is 7. The largest absolute Gasteiger partial charge is 0.436 e. The topological polar surface area (TPSA) is 170 Å². The number of oxazole rings is 1. The van der Waals surface area contributed by atoms with Crippen molar-refractivity contribution >= 4 is 88.0 Å². The second kappa shape index (κ2) is 9.55. The van der Waals surface area contributed by atoms with E-state index in [9.17, 15) is 16.8 Å². The summed E-state index contributed by atoms with van der Waals surface area (Å²) in [4.78, 5) is 4.56. The Kier molecular flexibility index (Phi) is 5.93. The van der Waals surface area contributed by atoms with E-state index < -0.39 is 20.0 Å². The predicted octanol–water partition coefficient (Wildman–Crippen LogP) is 5.11. The summed E-state index contributed by atoms with van der Waals surface area (Å²) in [6, 6.07) is 20.8.